The van der Waals surface area contributed by atoms with E-state index < -0.39 is 12.2 Å². The van der Waals surface area contributed by atoms with Crippen molar-refractivity contribution in [3.63, 3.8) is 0 Å². The lowest BCUT2D eigenvalue weighted by Gasteiger charge is -2.48. The molecule has 5 aliphatic rings. The average Bonchev–Trinajstić information content (AvgIpc) is 4.05. The summed E-state index contributed by atoms with van der Waals surface area (Å²) in [5, 5.41) is 12.3. The van der Waals surface area contributed by atoms with Gasteiger partial charge in [-0.1, -0.05) is 52.6 Å². The fourth-order valence-corrected chi connectivity index (χ4v) is 8.72. The second-order valence-corrected chi connectivity index (χ2v) is 23.0. The summed E-state index contributed by atoms with van der Waals surface area (Å²) in [5.41, 5.74) is 3.33. The molecule has 5 unspecified atom stereocenters. The van der Waals surface area contributed by atoms with Crippen LogP contribution in [0.1, 0.15) is 116 Å². The van der Waals surface area contributed by atoms with Gasteiger partial charge in [0.1, 0.15) is 6.17 Å². The Morgan fingerprint density at radius 1 is 0.543 bits per heavy atom. The minimum atomic E-state index is -0.992. The normalized spacial score (nSPS) is 23.5. The summed E-state index contributed by atoms with van der Waals surface area (Å²) in [6.07, 6.45) is 11.6. The van der Waals surface area contributed by atoms with Crippen molar-refractivity contribution in [2.75, 3.05) is 72.5 Å². The Kier molecular flexibility index (Phi) is 27.5. The van der Waals surface area contributed by atoms with Gasteiger partial charge in [0.25, 0.3) is 0 Å². The third kappa shape index (κ3) is 23.5. The van der Waals surface area contributed by atoms with E-state index in [-0.39, 0.29) is 28.9 Å². The van der Waals surface area contributed by atoms with Crippen molar-refractivity contribution in [3.05, 3.63) is 100 Å². The molecular formula is C57H103FN10O2. The first-order valence-electron chi connectivity index (χ1n) is 25.8. The SMILES string of the molecule is C=CC(=C)N(C)C1CCN(C(C)C)C1.C=CC(=C)NC1CCN(C(C)C)C1.C=CC(=C)NC1CN(C(C)(C)C)C1.C=CC(=O)NC1CCCN(C(C)(C)C)C1.C=CC(=O)NC1CN(C(C)(C)C)CC1F. The summed E-state index contributed by atoms with van der Waals surface area (Å²) in [6, 6.07) is 2.92. The number of nitrogens with zero attached hydrogens (tertiary/aromatic N) is 6. The molecule has 4 N–H and O–H groups in total. The van der Waals surface area contributed by atoms with Crippen LogP contribution in [0.15, 0.2) is 100 Å². The van der Waals surface area contributed by atoms with Crippen LogP contribution < -0.4 is 21.3 Å². The number of likely N-dealkylation sites (N-methyl/N-ethyl adjacent to an activating group) is 1. The number of rotatable bonds is 15. The van der Waals surface area contributed by atoms with Gasteiger partial charge in [0.2, 0.25) is 11.8 Å². The number of nitrogens with one attached hydrogen (secondary N) is 4. The second kappa shape index (κ2) is 30.1. The third-order valence-electron chi connectivity index (χ3n) is 13.8. The van der Waals surface area contributed by atoms with Gasteiger partial charge in [-0.3, -0.25) is 34.1 Å². The lowest BCUT2D eigenvalue weighted by molar-refractivity contribution is -0.118. The van der Waals surface area contributed by atoms with Gasteiger partial charge in [0, 0.05) is 130 Å². The Morgan fingerprint density at radius 2 is 0.986 bits per heavy atom. The van der Waals surface area contributed by atoms with E-state index in [0.29, 0.717) is 48.8 Å². The van der Waals surface area contributed by atoms with E-state index in [1.54, 1.807) is 12.2 Å². The highest BCUT2D eigenvalue weighted by molar-refractivity contribution is 5.87. The molecule has 5 aliphatic heterocycles. The molecule has 0 saturated carbocycles. The van der Waals surface area contributed by atoms with Gasteiger partial charge >= 0.3 is 0 Å². The predicted octanol–water partition coefficient (Wildman–Crippen LogP) is 8.28. The van der Waals surface area contributed by atoms with Crippen LogP contribution in [-0.4, -0.2) is 179 Å². The molecule has 13 heteroatoms. The lowest BCUT2D eigenvalue weighted by Crippen LogP contribution is -2.63. The highest BCUT2D eigenvalue weighted by Crippen LogP contribution is 2.24. The highest BCUT2D eigenvalue weighted by atomic mass is 19.1. The zero-order chi connectivity index (χ0) is 53.7. The van der Waals surface area contributed by atoms with Gasteiger partial charge in [-0.15, -0.1) is 0 Å². The molecule has 0 aromatic heterocycles. The molecule has 2 amide bonds. The summed E-state index contributed by atoms with van der Waals surface area (Å²) >= 11 is 0. The van der Waals surface area contributed by atoms with Crippen LogP contribution in [-0.2, 0) is 9.59 Å². The van der Waals surface area contributed by atoms with Crippen LogP contribution in [0.4, 0.5) is 4.39 Å². The summed E-state index contributed by atoms with van der Waals surface area (Å²) in [7, 11) is 2.11. The molecule has 0 bridgehead atoms. The molecule has 12 nitrogen and oxygen atoms in total. The van der Waals surface area contributed by atoms with Crippen LogP contribution in [0, 0.1) is 0 Å². The van der Waals surface area contributed by atoms with Crippen LogP contribution in [0.2, 0.25) is 0 Å². The van der Waals surface area contributed by atoms with E-state index in [0.717, 1.165) is 69.2 Å². The highest BCUT2D eigenvalue weighted by Gasteiger charge is 2.38. The van der Waals surface area contributed by atoms with Crippen LogP contribution in [0.5, 0.6) is 0 Å². The Morgan fingerprint density at radius 3 is 1.41 bits per heavy atom. The molecule has 5 fully saturated rings. The van der Waals surface area contributed by atoms with E-state index >= 15 is 0 Å². The number of carbonyl (C=O) groups excluding carboxylic acids is 2. The van der Waals surface area contributed by atoms with E-state index in [4.69, 9.17) is 0 Å². The first-order chi connectivity index (χ1) is 32.4. The van der Waals surface area contributed by atoms with E-state index in [1.807, 2.05) is 31.7 Å². The molecule has 5 rings (SSSR count). The molecule has 5 heterocycles. The zero-order valence-electron chi connectivity index (χ0n) is 46.9. The maximum atomic E-state index is 13.6. The van der Waals surface area contributed by atoms with E-state index in [9.17, 15) is 14.0 Å². The number of alkyl halides is 1. The molecule has 0 aromatic carbocycles. The van der Waals surface area contributed by atoms with Crippen molar-refractivity contribution < 1.29 is 14.0 Å². The van der Waals surface area contributed by atoms with Crippen molar-refractivity contribution in [2.24, 2.45) is 0 Å². The molecule has 0 aromatic rings. The maximum absolute atomic E-state index is 13.6. The minimum Gasteiger partial charge on any atom is -0.381 e. The number of hydrogen-bond donors (Lipinski definition) is 4. The van der Waals surface area contributed by atoms with Crippen LogP contribution >= 0.6 is 0 Å². The third-order valence-corrected chi connectivity index (χ3v) is 13.8. The van der Waals surface area contributed by atoms with Gasteiger partial charge < -0.3 is 26.2 Å². The number of amides is 2. The second-order valence-electron chi connectivity index (χ2n) is 23.0. The standard InChI is InChI=1S/C12H22N2O.C12H22N2.C11H19FN2O.2C11H20N2/c1-5-11(15)13-10-7-6-8-14(9-10)12(2,3)4;1-6-11(4)13(5)12-7-8-14(9-12)10(2)3;1-5-10(15)13-9-7-14(6-8(9)12)11(2,3)4;1-6-9(2)12-10-7-13(8-10)11(3,4)5;1-5-10(4)12-11-6-7-13(8-11)9(2)3/h5,10H,1,6-9H2,2-4H3,(H,13,15);6,10,12H,1,4,7-9H2,2-3,5H3;5,8-9H,1,6-7H2,2-4H3,(H,13,15);6,10,12H,1-2,7-8H2,3-5H3;5,9,11-12H,1,4,6-8H2,2-3H3. The molecule has 5 saturated heterocycles. The number of likely N-dealkylation sites (tertiary alicyclic amines) is 5. The van der Waals surface area contributed by atoms with Gasteiger partial charge in [-0.05, 0) is 153 Å². The zero-order valence-corrected chi connectivity index (χ0v) is 46.9. The van der Waals surface area contributed by atoms with Gasteiger partial charge in [0.15, 0.2) is 0 Å². The number of allylic oxidation sites excluding steroid dienone is 3. The van der Waals surface area contributed by atoms with Crippen molar-refractivity contribution in [1.82, 2.24) is 50.7 Å². The minimum absolute atomic E-state index is 0.0575. The molecule has 5 atom stereocenters. The van der Waals surface area contributed by atoms with Gasteiger partial charge in [-0.2, -0.15) is 0 Å². The fourth-order valence-electron chi connectivity index (χ4n) is 8.72. The molecule has 400 valence electrons. The monoisotopic (exact) mass is 979 g/mol. The molecule has 0 spiro atoms. The summed E-state index contributed by atoms with van der Waals surface area (Å²) in [6.45, 7) is 68.0. The Bertz CT molecular complexity index is 1690. The number of hydrogen-bond acceptors (Lipinski definition) is 10. The van der Waals surface area contributed by atoms with Gasteiger partial charge in [-0.25, -0.2) is 4.39 Å². The van der Waals surface area contributed by atoms with Gasteiger partial charge in [0.05, 0.1) is 12.1 Å². The van der Waals surface area contributed by atoms with E-state index in [1.165, 1.54) is 38.1 Å². The van der Waals surface area contributed by atoms with Crippen LogP contribution in [0.3, 0.4) is 0 Å². The van der Waals surface area contributed by atoms with E-state index in [2.05, 4.69) is 175 Å². The first kappa shape index (κ1) is 64.0. The lowest BCUT2D eigenvalue weighted by atomic mass is 9.97. The van der Waals surface area contributed by atoms with Crippen molar-refractivity contribution in [1.29, 1.82) is 0 Å². The Balaban J connectivity index is 0.000000438. The molecule has 0 radical (unpaired) electrons. The Hall–Kier alpha value is -4.01. The van der Waals surface area contributed by atoms with Crippen molar-refractivity contribution >= 4 is 11.8 Å². The summed E-state index contributed by atoms with van der Waals surface area (Å²) in [4.78, 5) is 36.4. The quantitative estimate of drug-likeness (QED) is 0.0949. The average molecular weight is 980 g/mol. The number of piperidine rings is 1. The number of halogens is 1. The molecule has 70 heavy (non-hydrogen) atoms. The molecule has 0 aliphatic carbocycles. The smallest absolute Gasteiger partial charge is 0.243 e. The summed E-state index contributed by atoms with van der Waals surface area (Å²) < 4.78 is 13.6. The largest absolute Gasteiger partial charge is 0.381 e. The number of carbonyl (C=O) groups is 2. The van der Waals surface area contributed by atoms with Crippen LogP contribution in [0.25, 0.3) is 0 Å². The fraction of sp³-hybridized carbons (Fsp3) is 0.684. The predicted molar refractivity (Wildman–Crippen MR) is 298 cm³/mol. The first-order valence-corrected chi connectivity index (χ1v) is 25.8. The summed E-state index contributed by atoms with van der Waals surface area (Å²) in [5.74, 6) is -0.367. The molecular weight excluding hydrogens is 876 g/mol. The van der Waals surface area contributed by atoms with Crippen molar-refractivity contribution in [3.8, 4) is 0 Å². The van der Waals surface area contributed by atoms with Crippen molar-refractivity contribution in [2.45, 2.75) is 181 Å². The Labute approximate surface area is 428 Å². The topological polar surface area (TPSA) is 102 Å². The maximum Gasteiger partial charge on any atom is 0.243 e.